The maximum absolute atomic E-state index is 13.6. The summed E-state index contributed by atoms with van der Waals surface area (Å²) in [6.07, 6.45) is 4.49. The van der Waals surface area contributed by atoms with Gasteiger partial charge in [-0.3, -0.25) is 19.9 Å². The minimum atomic E-state index is -0.0906. The summed E-state index contributed by atoms with van der Waals surface area (Å²) in [5.74, 6) is 0.577. The minimum absolute atomic E-state index is 0.0906. The zero-order valence-corrected chi connectivity index (χ0v) is 18.4. The SMILES string of the molecule is Cc1cccc2cc(CNc3ncnc(N)c3C(=N)c3cn[nH]c3)n(-c3ccccc3)c(=O)c12. The molecule has 0 saturated heterocycles. The Kier molecular flexibility index (Phi) is 5.35. The van der Waals surface area contributed by atoms with Crippen LogP contribution in [0.2, 0.25) is 0 Å². The van der Waals surface area contributed by atoms with Crippen molar-refractivity contribution in [2.75, 3.05) is 11.1 Å². The Labute approximate surface area is 194 Å². The first-order chi connectivity index (χ1) is 16.5. The van der Waals surface area contributed by atoms with Crippen LogP contribution in [0.15, 0.2) is 78.1 Å². The van der Waals surface area contributed by atoms with Gasteiger partial charge in [0.1, 0.15) is 18.0 Å². The van der Waals surface area contributed by atoms with Crippen LogP contribution in [-0.4, -0.2) is 30.4 Å². The third-order valence-electron chi connectivity index (χ3n) is 5.70. The van der Waals surface area contributed by atoms with E-state index in [9.17, 15) is 4.79 Å². The van der Waals surface area contributed by atoms with Crippen LogP contribution in [0.25, 0.3) is 16.5 Å². The van der Waals surface area contributed by atoms with Crippen molar-refractivity contribution in [3.63, 3.8) is 0 Å². The maximum atomic E-state index is 13.6. The van der Waals surface area contributed by atoms with Gasteiger partial charge in [0.05, 0.1) is 29.4 Å². The Balaban J connectivity index is 1.61. The summed E-state index contributed by atoms with van der Waals surface area (Å²) >= 11 is 0. The molecular weight excluding hydrogens is 428 g/mol. The molecule has 0 radical (unpaired) electrons. The number of pyridine rings is 1. The predicted molar refractivity (Wildman–Crippen MR) is 133 cm³/mol. The fourth-order valence-electron chi connectivity index (χ4n) is 4.07. The van der Waals surface area contributed by atoms with Crippen molar-refractivity contribution in [3.05, 3.63) is 106 Å². The first-order valence-electron chi connectivity index (χ1n) is 10.7. The fourth-order valence-corrected chi connectivity index (χ4v) is 4.07. The number of benzene rings is 2. The molecule has 0 atom stereocenters. The van der Waals surface area contributed by atoms with E-state index in [0.717, 1.165) is 22.3 Å². The van der Waals surface area contributed by atoms with E-state index in [2.05, 4.69) is 25.5 Å². The molecule has 5 aromatic rings. The lowest BCUT2D eigenvalue weighted by Gasteiger charge is -2.18. The number of anilines is 2. The number of nitrogens with zero attached hydrogens (tertiary/aromatic N) is 4. The van der Waals surface area contributed by atoms with Gasteiger partial charge < -0.3 is 11.1 Å². The van der Waals surface area contributed by atoms with E-state index in [1.165, 1.54) is 12.5 Å². The van der Waals surface area contributed by atoms with Crippen LogP contribution in [0.1, 0.15) is 22.4 Å². The number of aromatic amines is 1. The molecular formula is C25H22N8O. The number of rotatable bonds is 6. The van der Waals surface area contributed by atoms with E-state index in [-0.39, 0.29) is 23.6 Å². The van der Waals surface area contributed by atoms with E-state index in [0.29, 0.717) is 22.3 Å². The first-order valence-corrected chi connectivity index (χ1v) is 10.7. The largest absolute Gasteiger partial charge is 0.383 e. The Hall–Kier alpha value is -4.79. The summed E-state index contributed by atoms with van der Waals surface area (Å²) < 4.78 is 1.70. The van der Waals surface area contributed by atoms with Gasteiger partial charge in [-0.05, 0) is 36.1 Å². The van der Waals surface area contributed by atoms with Gasteiger partial charge in [0.15, 0.2) is 0 Å². The van der Waals surface area contributed by atoms with Gasteiger partial charge in [0.2, 0.25) is 0 Å². The molecule has 168 valence electrons. The molecule has 5 N–H and O–H groups in total. The second-order valence-corrected chi connectivity index (χ2v) is 7.85. The van der Waals surface area contributed by atoms with Crippen molar-refractivity contribution in [3.8, 4) is 5.69 Å². The number of para-hydroxylation sites is 1. The van der Waals surface area contributed by atoms with E-state index in [4.69, 9.17) is 11.1 Å². The van der Waals surface area contributed by atoms with Crippen molar-refractivity contribution >= 4 is 28.1 Å². The third kappa shape index (κ3) is 3.69. The first kappa shape index (κ1) is 21.1. The molecule has 0 unspecified atom stereocenters. The van der Waals surface area contributed by atoms with Gasteiger partial charge in [-0.1, -0.05) is 36.4 Å². The number of H-pyrrole nitrogens is 1. The summed E-state index contributed by atoms with van der Waals surface area (Å²) in [5.41, 5.74) is 9.53. The van der Waals surface area contributed by atoms with Gasteiger partial charge >= 0.3 is 0 Å². The highest BCUT2D eigenvalue weighted by Gasteiger charge is 2.18. The molecule has 3 aromatic heterocycles. The highest BCUT2D eigenvalue weighted by atomic mass is 16.1. The monoisotopic (exact) mass is 450 g/mol. The number of aromatic nitrogens is 5. The van der Waals surface area contributed by atoms with Crippen molar-refractivity contribution in [2.24, 2.45) is 0 Å². The van der Waals surface area contributed by atoms with E-state index in [1.807, 2.05) is 61.5 Å². The number of hydrogen-bond donors (Lipinski definition) is 4. The number of fused-ring (bicyclic) bond motifs is 1. The van der Waals surface area contributed by atoms with Crippen molar-refractivity contribution < 1.29 is 0 Å². The number of nitrogens with one attached hydrogen (secondary N) is 3. The molecule has 5 rings (SSSR count). The fraction of sp³-hybridized carbons (Fsp3) is 0.0800. The third-order valence-corrected chi connectivity index (χ3v) is 5.70. The van der Waals surface area contributed by atoms with Crippen LogP contribution in [0, 0.1) is 12.3 Å². The predicted octanol–water partition coefficient (Wildman–Crippen LogP) is 3.42. The number of nitrogen functional groups attached to an aromatic ring is 1. The van der Waals surface area contributed by atoms with Crippen molar-refractivity contribution in [2.45, 2.75) is 13.5 Å². The summed E-state index contributed by atoms with van der Waals surface area (Å²) in [7, 11) is 0. The zero-order chi connectivity index (χ0) is 23.7. The summed E-state index contributed by atoms with van der Waals surface area (Å²) in [5, 5.41) is 20.0. The Morgan fingerprint density at radius 3 is 2.74 bits per heavy atom. The molecule has 0 saturated carbocycles. The molecule has 0 amide bonds. The molecule has 3 heterocycles. The van der Waals surface area contributed by atoms with Crippen molar-refractivity contribution in [1.82, 2.24) is 24.7 Å². The highest BCUT2D eigenvalue weighted by Crippen LogP contribution is 2.23. The summed E-state index contributed by atoms with van der Waals surface area (Å²) in [4.78, 5) is 22.0. The van der Waals surface area contributed by atoms with Gasteiger partial charge in [-0.2, -0.15) is 5.10 Å². The van der Waals surface area contributed by atoms with Gasteiger partial charge in [0, 0.05) is 23.1 Å². The Bertz CT molecular complexity index is 1560. The molecule has 0 aliphatic rings. The molecule has 2 aromatic carbocycles. The lowest BCUT2D eigenvalue weighted by molar-refractivity contribution is 0.889. The van der Waals surface area contributed by atoms with Crippen LogP contribution in [0.5, 0.6) is 0 Å². The van der Waals surface area contributed by atoms with Gasteiger partial charge in [-0.15, -0.1) is 0 Å². The standard InChI is InChI=1S/C25H22N8O/c1-15-6-5-7-16-10-19(33(25(34)20(15)16)18-8-3-2-4-9-18)13-28-24-21(23(27)29-14-30-24)22(26)17-11-31-32-12-17/h2-12,14,26H,13H2,1H3,(H,31,32)(H3,27,28,29,30). The number of nitrogens with two attached hydrogens (primary N) is 1. The van der Waals surface area contributed by atoms with E-state index in [1.54, 1.807) is 10.8 Å². The molecule has 9 heteroatoms. The number of aryl methyl sites for hydroxylation is 1. The normalized spacial score (nSPS) is 11.0. The second-order valence-electron chi connectivity index (χ2n) is 7.85. The average Bonchev–Trinajstić information content (AvgIpc) is 3.38. The van der Waals surface area contributed by atoms with E-state index < -0.39 is 0 Å². The quantitative estimate of drug-likeness (QED) is 0.292. The van der Waals surface area contributed by atoms with Gasteiger partial charge in [-0.25, -0.2) is 9.97 Å². The number of hydrogen-bond acceptors (Lipinski definition) is 7. The molecule has 0 aliphatic carbocycles. The minimum Gasteiger partial charge on any atom is -0.383 e. The van der Waals surface area contributed by atoms with Crippen LogP contribution < -0.4 is 16.6 Å². The molecule has 0 bridgehead atoms. The van der Waals surface area contributed by atoms with Crippen LogP contribution >= 0.6 is 0 Å². The van der Waals surface area contributed by atoms with Crippen LogP contribution in [0.3, 0.4) is 0 Å². The summed E-state index contributed by atoms with van der Waals surface area (Å²) in [6, 6.07) is 17.3. The molecule has 9 nitrogen and oxygen atoms in total. The smallest absolute Gasteiger partial charge is 0.263 e. The molecule has 0 fully saturated rings. The van der Waals surface area contributed by atoms with Crippen LogP contribution in [-0.2, 0) is 6.54 Å². The average molecular weight is 451 g/mol. The van der Waals surface area contributed by atoms with Crippen LogP contribution in [0.4, 0.5) is 11.6 Å². The molecule has 34 heavy (non-hydrogen) atoms. The Morgan fingerprint density at radius 1 is 1.15 bits per heavy atom. The molecule has 0 aliphatic heterocycles. The van der Waals surface area contributed by atoms with Gasteiger partial charge in [0.25, 0.3) is 5.56 Å². The lowest BCUT2D eigenvalue weighted by atomic mass is 10.1. The Morgan fingerprint density at radius 2 is 1.97 bits per heavy atom. The topological polar surface area (TPSA) is 138 Å². The maximum Gasteiger partial charge on any atom is 0.263 e. The highest BCUT2D eigenvalue weighted by molar-refractivity contribution is 6.15. The van der Waals surface area contributed by atoms with E-state index >= 15 is 0 Å². The zero-order valence-electron chi connectivity index (χ0n) is 18.4. The molecule has 0 spiro atoms. The second kappa shape index (κ2) is 8.62. The summed E-state index contributed by atoms with van der Waals surface area (Å²) in [6.45, 7) is 2.21. The van der Waals surface area contributed by atoms with Crippen molar-refractivity contribution in [1.29, 1.82) is 5.41 Å². The lowest BCUT2D eigenvalue weighted by Crippen LogP contribution is -2.24.